The minimum atomic E-state index is 0.181. The van der Waals surface area contributed by atoms with Gasteiger partial charge in [-0.2, -0.15) is 0 Å². The van der Waals surface area contributed by atoms with E-state index < -0.39 is 0 Å². The molecule has 0 bridgehead atoms. The average molecular weight is 241 g/mol. The lowest BCUT2D eigenvalue weighted by Crippen LogP contribution is -2.36. The molecule has 0 fully saturated rings. The summed E-state index contributed by atoms with van der Waals surface area (Å²) < 4.78 is 0. The average Bonchev–Trinajstić information content (AvgIpc) is 2.27. The van der Waals surface area contributed by atoms with E-state index >= 15 is 0 Å². The molecule has 0 saturated heterocycles. The van der Waals surface area contributed by atoms with Gasteiger partial charge in [-0.15, -0.1) is 0 Å². The van der Waals surface area contributed by atoms with Gasteiger partial charge in [-0.25, -0.2) is 0 Å². The van der Waals surface area contributed by atoms with Crippen molar-refractivity contribution in [2.24, 2.45) is 11.1 Å². The zero-order valence-electron chi connectivity index (χ0n) is 10.1. The monoisotopic (exact) mass is 240 g/mol. The van der Waals surface area contributed by atoms with Crippen LogP contribution in [0.2, 0.25) is 5.02 Å². The van der Waals surface area contributed by atoms with Gasteiger partial charge in [0.15, 0.2) is 0 Å². The van der Waals surface area contributed by atoms with E-state index in [4.69, 9.17) is 17.3 Å². The van der Waals surface area contributed by atoms with Gasteiger partial charge in [-0.1, -0.05) is 37.6 Å². The number of hydrogen-bond acceptors (Lipinski definition) is 2. The molecule has 1 aromatic rings. The van der Waals surface area contributed by atoms with Gasteiger partial charge < -0.3 is 11.1 Å². The summed E-state index contributed by atoms with van der Waals surface area (Å²) in [6.45, 7) is 6.98. The molecule has 3 N–H and O–H groups in total. The highest BCUT2D eigenvalue weighted by atomic mass is 35.5. The molecule has 0 heterocycles. The van der Waals surface area contributed by atoms with Crippen LogP contribution in [0, 0.1) is 5.41 Å². The SMILES string of the molecule is CC(C)(CN)CNCCc1ccc(Cl)cc1. The summed E-state index contributed by atoms with van der Waals surface area (Å²) in [5.41, 5.74) is 7.15. The molecule has 1 rings (SSSR count). The first-order valence-electron chi connectivity index (χ1n) is 5.69. The van der Waals surface area contributed by atoms with Crippen LogP contribution in [0.1, 0.15) is 19.4 Å². The Balaban J connectivity index is 2.23. The molecule has 0 aliphatic heterocycles. The van der Waals surface area contributed by atoms with Crippen molar-refractivity contribution in [3.63, 3.8) is 0 Å². The van der Waals surface area contributed by atoms with Crippen LogP contribution >= 0.6 is 11.6 Å². The van der Waals surface area contributed by atoms with Crippen LogP contribution in [0.25, 0.3) is 0 Å². The standard InChI is InChI=1S/C13H21ClN2/c1-13(2,9-15)10-16-8-7-11-3-5-12(14)6-4-11/h3-6,16H,7-10,15H2,1-2H3. The van der Waals surface area contributed by atoms with Crippen molar-refractivity contribution in [3.05, 3.63) is 34.9 Å². The zero-order valence-corrected chi connectivity index (χ0v) is 10.8. The lowest BCUT2D eigenvalue weighted by Gasteiger charge is -2.22. The summed E-state index contributed by atoms with van der Waals surface area (Å²) >= 11 is 5.82. The van der Waals surface area contributed by atoms with Gasteiger partial charge in [-0.05, 0) is 42.6 Å². The molecule has 0 atom stereocenters. The Bertz CT molecular complexity index is 306. The third-order valence-corrected chi connectivity index (χ3v) is 2.91. The fourth-order valence-corrected chi connectivity index (χ4v) is 1.51. The first kappa shape index (κ1) is 13.5. The fraction of sp³-hybridized carbons (Fsp3) is 0.538. The van der Waals surface area contributed by atoms with Crippen LogP contribution in [0.3, 0.4) is 0 Å². The van der Waals surface area contributed by atoms with E-state index in [1.807, 2.05) is 12.1 Å². The molecule has 0 amide bonds. The van der Waals surface area contributed by atoms with Gasteiger partial charge in [0.25, 0.3) is 0 Å². The first-order valence-corrected chi connectivity index (χ1v) is 6.06. The van der Waals surface area contributed by atoms with E-state index in [0.717, 1.165) is 24.5 Å². The number of benzene rings is 1. The molecule has 0 unspecified atom stereocenters. The van der Waals surface area contributed by atoms with E-state index in [0.29, 0.717) is 6.54 Å². The van der Waals surface area contributed by atoms with Crippen molar-refractivity contribution in [3.8, 4) is 0 Å². The molecule has 16 heavy (non-hydrogen) atoms. The van der Waals surface area contributed by atoms with E-state index in [2.05, 4.69) is 31.3 Å². The van der Waals surface area contributed by atoms with Gasteiger partial charge in [-0.3, -0.25) is 0 Å². The predicted molar refractivity (Wildman–Crippen MR) is 70.9 cm³/mol. The Morgan fingerprint density at radius 2 is 1.88 bits per heavy atom. The van der Waals surface area contributed by atoms with Crippen LogP contribution in [0.5, 0.6) is 0 Å². The number of rotatable bonds is 6. The second kappa shape index (κ2) is 6.24. The van der Waals surface area contributed by atoms with E-state index in [1.165, 1.54) is 5.56 Å². The van der Waals surface area contributed by atoms with Crippen molar-refractivity contribution in [2.45, 2.75) is 20.3 Å². The second-order valence-electron chi connectivity index (χ2n) is 4.92. The topological polar surface area (TPSA) is 38.0 Å². The lowest BCUT2D eigenvalue weighted by molar-refractivity contribution is 0.353. The lowest BCUT2D eigenvalue weighted by atomic mass is 9.94. The molecule has 2 nitrogen and oxygen atoms in total. The largest absolute Gasteiger partial charge is 0.330 e. The highest BCUT2D eigenvalue weighted by Crippen LogP contribution is 2.11. The normalized spacial score (nSPS) is 11.8. The molecule has 0 aliphatic rings. The van der Waals surface area contributed by atoms with E-state index in [9.17, 15) is 0 Å². The van der Waals surface area contributed by atoms with E-state index in [1.54, 1.807) is 0 Å². The maximum absolute atomic E-state index is 5.82. The van der Waals surface area contributed by atoms with E-state index in [-0.39, 0.29) is 5.41 Å². The Hall–Kier alpha value is -0.570. The summed E-state index contributed by atoms with van der Waals surface area (Å²) in [6.07, 6.45) is 1.03. The minimum Gasteiger partial charge on any atom is -0.330 e. The highest BCUT2D eigenvalue weighted by Gasteiger charge is 2.13. The number of nitrogens with two attached hydrogens (primary N) is 1. The number of halogens is 1. The van der Waals surface area contributed by atoms with Crippen LogP contribution in [0.15, 0.2) is 24.3 Å². The summed E-state index contributed by atoms with van der Waals surface area (Å²) in [5.74, 6) is 0. The Morgan fingerprint density at radius 1 is 1.25 bits per heavy atom. The zero-order chi connectivity index (χ0) is 12.0. The summed E-state index contributed by atoms with van der Waals surface area (Å²) in [5, 5.41) is 4.22. The van der Waals surface area contributed by atoms with Crippen molar-refractivity contribution in [1.29, 1.82) is 0 Å². The molecule has 0 aliphatic carbocycles. The van der Waals surface area contributed by atoms with Gasteiger partial charge in [0.05, 0.1) is 0 Å². The molecule has 3 heteroatoms. The quantitative estimate of drug-likeness (QED) is 0.750. The van der Waals surface area contributed by atoms with Crippen molar-refractivity contribution in [2.75, 3.05) is 19.6 Å². The van der Waals surface area contributed by atoms with Gasteiger partial charge in [0, 0.05) is 11.6 Å². The van der Waals surface area contributed by atoms with Crippen LogP contribution < -0.4 is 11.1 Å². The molecule has 0 saturated carbocycles. The van der Waals surface area contributed by atoms with Gasteiger partial charge in [0.1, 0.15) is 0 Å². The molecule has 0 aromatic heterocycles. The third-order valence-electron chi connectivity index (χ3n) is 2.66. The Labute approximate surface area is 103 Å². The Kier molecular flexibility index (Phi) is 5.26. The smallest absolute Gasteiger partial charge is 0.0406 e. The first-order chi connectivity index (χ1) is 7.53. The van der Waals surface area contributed by atoms with Crippen molar-refractivity contribution in [1.82, 2.24) is 5.32 Å². The van der Waals surface area contributed by atoms with Crippen LogP contribution in [-0.4, -0.2) is 19.6 Å². The van der Waals surface area contributed by atoms with Gasteiger partial charge >= 0.3 is 0 Å². The number of hydrogen-bond donors (Lipinski definition) is 2. The molecule has 0 radical (unpaired) electrons. The fourth-order valence-electron chi connectivity index (χ4n) is 1.38. The van der Waals surface area contributed by atoms with Crippen LogP contribution in [0.4, 0.5) is 0 Å². The third kappa shape index (κ3) is 4.97. The Morgan fingerprint density at radius 3 is 2.44 bits per heavy atom. The van der Waals surface area contributed by atoms with Crippen molar-refractivity contribution < 1.29 is 0 Å². The summed E-state index contributed by atoms with van der Waals surface area (Å²) in [7, 11) is 0. The number of nitrogens with one attached hydrogen (secondary N) is 1. The van der Waals surface area contributed by atoms with Crippen LogP contribution in [-0.2, 0) is 6.42 Å². The molecular weight excluding hydrogens is 220 g/mol. The molecule has 1 aromatic carbocycles. The highest BCUT2D eigenvalue weighted by molar-refractivity contribution is 6.30. The minimum absolute atomic E-state index is 0.181. The molecule has 90 valence electrons. The molecular formula is C13H21ClN2. The van der Waals surface area contributed by atoms with Crippen molar-refractivity contribution >= 4 is 11.6 Å². The van der Waals surface area contributed by atoms with Gasteiger partial charge in [0.2, 0.25) is 0 Å². The maximum Gasteiger partial charge on any atom is 0.0406 e. The second-order valence-corrected chi connectivity index (χ2v) is 5.36. The maximum atomic E-state index is 5.82. The predicted octanol–water partition coefficient (Wildman–Crippen LogP) is 2.46. The summed E-state index contributed by atoms with van der Waals surface area (Å²) in [6, 6.07) is 8.00. The summed E-state index contributed by atoms with van der Waals surface area (Å²) in [4.78, 5) is 0. The molecule has 0 spiro atoms.